The molecule has 3 aromatic rings. The zero-order chi connectivity index (χ0) is 27.3. The van der Waals surface area contributed by atoms with Gasteiger partial charge >= 0.3 is 0 Å². The van der Waals surface area contributed by atoms with Crippen molar-refractivity contribution >= 4 is 38.9 Å². The number of carbonyl (C=O) groups is 2. The van der Waals surface area contributed by atoms with Gasteiger partial charge in [-0.25, -0.2) is 13.4 Å². The molecule has 1 aliphatic rings. The number of rotatable bonds is 7. The number of hydrogen-bond donors (Lipinski definition) is 3. The minimum absolute atomic E-state index is 0.0526. The molecule has 0 bridgehead atoms. The molecule has 1 aromatic carbocycles. The van der Waals surface area contributed by atoms with Crippen LogP contribution in [-0.2, 0) is 9.84 Å². The summed E-state index contributed by atoms with van der Waals surface area (Å²) in [6.45, 7) is 3.02. The summed E-state index contributed by atoms with van der Waals surface area (Å²) in [5.41, 5.74) is -0.0824. The molecular formula is C25H26ClN5O6S. The van der Waals surface area contributed by atoms with Gasteiger partial charge in [0.2, 0.25) is 0 Å². The number of aromatic nitrogens is 2. The van der Waals surface area contributed by atoms with Crippen LogP contribution in [0.15, 0.2) is 64.7 Å². The van der Waals surface area contributed by atoms with Crippen LogP contribution >= 0.6 is 11.6 Å². The molecule has 200 valence electrons. The average molecular weight is 560 g/mol. The number of halogens is 1. The van der Waals surface area contributed by atoms with Gasteiger partial charge in [-0.2, -0.15) is 9.72 Å². The van der Waals surface area contributed by atoms with Crippen molar-refractivity contribution in [3.8, 4) is 5.75 Å². The van der Waals surface area contributed by atoms with Gasteiger partial charge in [0.25, 0.3) is 11.8 Å². The van der Waals surface area contributed by atoms with E-state index in [-0.39, 0.29) is 50.0 Å². The highest BCUT2D eigenvalue weighted by atomic mass is 35.5. The summed E-state index contributed by atoms with van der Waals surface area (Å²) in [6, 6.07) is 9.91. The summed E-state index contributed by atoms with van der Waals surface area (Å²) in [7, 11) is -3.54. The van der Waals surface area contributed by atoms with E-state index in [4.69, 9.17) is 16.3 Å². The lowest BCUT2D eigenvalue weighted by atomic mass is 10.1. The lowest BCUT2D eigenvalue weighted by Gasteiger charge is -2.25. The normalized spacial score (nSPS) is 14.7. The van der Waals surface area contributed by atoms with Gasteiger partial charge in [0.15, 0.2) is 21.0 Å². The maximum absolute atomic E-state index is 13.4. The number of amides is 2. The van der Waals surface area contributed by atoms with Gasteiger partial charge in [-0.05, 0) is 68.4 Å². The summed E-state index contributed by atoms with van der Waals surface area (Å²) in [4.78, 5) is 34.2. The summed E-state index contributed by atoms with van der Waals surface area (Å²) >= 11 is 5.81. The number of nitrogens with one attached hydrogen (secondary N) is 2. The van der Waals surface area contributed by atoms with E-state index in [1.807, 2.05) is 0 Å². The van der Waals surface area contributed by atoms with E-state index >= 15 is 0 Å². The molecule has 0 atom stereocenters. The second-order valence-corrected chi connectivity index (χ2v) is 11.2. The molecule has 4 rings (SSSR count). The Bertz CT molecular complexity index is 1530. The SMILES string of the molecule is CCS(=O)(=O)c1ccc(C(=O)Nc2cccnc2C(=O)N=c2ccc(Cl)cn2O)c(OC2CCNCC2)c1. The number of anilines is 1. The first-order chi connectivity index (χ1) is 18.2. The molecule has 1 saturated heterocycles. The predicted molar refractivity (Wildman–Crippen MR) is 139 cm³/mol. The number of carbonyl (C=O) groups excluding carboxylic acids is 2. The molecule has 3 heterocycles. The molecule has 3 N–H and O–H groups in total. The Hall–Kier alpha value is -3.74. The first-order valence-electron chi connectivity index (χ1n) is 11.8. The number of nitrogens with zero attached hydrogens (tertiary/aromatic N) is 3. The maximum Gasteiger partial charge on any atom is 0.299 e. The van der Waals surface area contributed by atoms with E-state index in [2.05, 4.69) is 20.6 Å². The molecule has 0 unspecified atom stereocenters. The number of ether oxygens (including phenoxy) is 1. The van der Waals surface area contributed by atoms with E-state index in [9.17, 15) is 23.2 Å². The molecule has 11 nitrogen and oxygen atoms in total. The Balaban J connectivity index is 1.66. The lowest BCUT2D eigenvalue weighted by molar-refractivity contribution is 0.0984. The van der Waals surface area contributed by atoms with Gasteiger partial charge in [-0.3, -0.25) is 9.59 Å². The topological polar surface area (TPSA) is 152 Å². The Morgan fingerprint density at radius 2 is 2.00 bits per heavy atom. The summed E-state index contributed by atoms with van der Waals surface area (Å²) < 4.78 is 31.7. The first-order valence-corrected chi connectivity index (χ1v) is 13.9. The quantitative estimate of drug-likeness (QED) is 0.374. The van der Waals surface area contributed by atoms with Crippen LogP contribution in [-0.4, -0.2) is 60.1 Å². The van der Waals surface area contributed by atoms with Gasteiger partial charge in [-0.15, -0.1) is 0 Å². The summed E-state index contributed by atoms with van der Waals surface area (Å²) in [5.74, 6) is -1.41. The Kier molecular flexibility index (Phi) is 8.45. The van der Waals surface area contributed by atoms with Gasteiger partial charge < -0.3 is 20.6 Å². The minimum Gasteiger partial charge on any atom is -0.489 e. The molecule has 1 fully saturated rings. The van der Waals surface area contributed by atoms with Crippen LogP contribution < -0.4 is 20.9 Å². The van der Waals surface area contributed by atoms with Crippen LogP contribution in [0.25, 0.3) is 0 Å². The zero-order valence-corrected chi connectivity index (χ0v) is 22.0. The van der Waals surface area contributed by atoms with Crippen LogP contribution in [0.1, 0.15) is 40.6 Å². The number of pyridine rings is 2. The zero-order valence-electron chi connectivity index (χ0n) is 20.4. The van der Waals surface area contributed by atoms with E-state index < -0.39 is 21.7 Å². The highest BCUT2D eigenvalue weighted by molar-refractivity contribution is 7.91. The Morgan fingerprint density at radius 1 is 1.24 bits per heavy atom. The third-order valence-corrected chi connectivity index (χ3v) is 7.82. The minimum atomic E-state index is -3.54. The largest absolute Gasteiger partial charge is 0.489 e. The van der Waals surface area contributed by atoms with Gasteiger partial charge in [0.05, 0.1) is 33.1 Å². The second kappa shape index (κ2) is 11.8. The lowest BCUT2D eigenvalue weighted by Crippen LogP contribution is -2.34. The molecule has 2 aromatic heterocycles. The number of piperidine rings is 1. The molecule has 0 saturated carbocycles. The fraction of sp³-hybridized carbons (Fsp3) is 0.280. The molecule has 1 aliphatic heterocycles. The van der Waals surface area contributed by atoms with E-state index in [0.29, 0.717) is 17.6 Å². The van der Waals surface area contributed by atoms with Crippen molar-refractivity contribution in [1.82, 2.24) is 15.0 Å². The second-order valence-electron chi connectivity index (χ2n) is 8.45. The number of benzene rings is 1. The molecule has 38 heavy (non-hydrogen) atoms. The standard InChI is InChI=1S/C25H26ClN5O6S/c1-2-38(35,36)18-6-7-19(21(14-18)37-17-9-12-27-13-10-17)24(32)29-20-4-3-11-28-23(20)25(33)30-22-8-5-16(26)15-31(22)34/h3-8,11,14-15,17,27,34H,2,9-10,12-13H2,1H3,(H,29,32). The number of hydrogen-bond acceptors (Lipinski definition) is 8. The third kappa shape index (κ3) is 6.39. The highest BCUT2D eigenvalue weighted by Gasteiger charge is 2.23. The van der Waals surface area contributed by atoms with Crippen molar-refractivity contribution in [2.24, 2.45) is 4.99 Å². The fourth-order valence-corrected chi connectivity index (χ4v) is 4.86. The Morgan fingerprint density at radius 3 is 2.71 bits per heavy atom. The van der Waals surface area contributed by atoms with E-state index in [0.717, 1.165) is 13.1 Å². The highest BCUT2D eigenvalue weighted by Crippen LogP contribution is 2.28. The fourth-order valence-electron chi connectivity index (χ4n) is 3.81. The van der Waals surface area contributed by atoms with Crippen molar-refractivity contribution < 1.29 is 28.0 Å². The van der Waals surface area contributed by atoms with Crippen molar-refractivity contribution in [2.75, 3.05) is 24.2 Å². The van der Waals surface area contributed by atoms with Crippen LogP contribution in [0.2, 0.25) is 5.02 Å². The molecule has 0 spiro atoms. The average Bonchev–Trinajstić information content (AvgIpc) is 2.91. The Labute approximate surface area is 224 Å². The predicted octanol–water partition coefficient (Wildman–Crippen LogP) is 2.69. The van der Waals surface area contributed by atoms with Crippen LogP contribution in [0.4, 0.5) is 5.69 Å². The smallest absolute Gasteiger partial charge is 0.299 e. The molecular weight excluding hydrogens is 534 g/mol. The third-order valence-electron chi connectivity index (χ3n) is 5.86. The maximum atomic E-state index is 13.4. The van der Waals surface area contributed by atoms with Crippen molar-refractivity contribution in [2.45, 2.75) is 30.8 Å². The van der Waals surface area contributed by atoms with Gasteiger partial charge in [0.1, 0.15) is 11.9 Å². The molecule has 2 amide bonds. The molecule has 0 radical (unpaired) electrons. The first kappa shape index (κ1) is 27.3. The van der Waals surface area contributed by atoms with E-state index in [1.165, 1.54) is 61.8 Å². The van der Waals surface area contributed by atoms with Crippen molar-refractivity contribution in [3.63, 3.8) is 0 Å². The van der Waals surface area contributed by atoms with E-state index in [1.54, 1.807) is 0 Å². The van der Waals surface area contributed by atoms with Crippen LogP contribution in [0, 0.1) is 0 Å². The van der Waals surface area contributed by atoms with Crippen LogP contribution in [0.3, 0.4) is 0 Å². The monoisotopic (exact) mass is 559 g/mol. The number of sulfone groups is 1. The van der Waals surface area contributed by atoms with Gasteiger partial charge in [0, 0.05) is 6.20 Å². The van der Waals surface area contributed by atoms with Crippen LogP contribution in [0.5, 0.6) is 5.75 Å². The summed E-state index contributed by atoms with van der Waals surface area (Å²) in [5, 5.41) is 16.1. The summed E-state index contributed by atoms with van der Waals surface area (Å²) in [6.07, 6.45) is 3.74. The molecule has 13 heteroatoms. The van der Waals surface area contributed by atoms with Gasteiger partial charge in [-0.1, -0.05) is 18.5 Å². The van der Waals surface area contributed by atoms with Crippen molar-refractivity contribution in [1.29, 1.82) is 0 Å². The van der Waals surface area contributed by atoms with Crippen molar-refractivity contribution in [3.05, 3.63) is 76.6 Å². The molecule has 0 aliphatic carbocycles.